The van der Waals surface area contributed by atoms with Crippen molar-refractivity contribution < 1.29 is 37.8 Å². The van der Waals surface area contributed by atoms with Gasteiger partial charge in [-0.15, -0.1) is 0 Å². The van der Waals surface area contributed by atoms with Crippen LogP contribution in [0.25, 0.3) is 0 Å². The zero-order chi connectivity index (χ0) is 22.7. The summed E-state index contributed by atoms with van der Waals surface area (Å²) in [7, 11) is 0. The number of carbonyl (C=O) groups excluding carboxylic acids is 2. The highest BCUT2D eigenvalue weighted by molar-refractivity contribution is 6.02. The number of benzene rings is 1. The molecule has 2 rings (SSSR count). The van der Waals surface area contributed by atoms with Crippen molar-refractivity contribution in [3.8, 4) is 6.07 Å². The molecular weight excluding hydrogens is 411 g/mol. The molecule has 10 nitrogen and oxygen atoms in total. The first-order chi connectivity index (χ1) is 13.8. The number of carboxylic acid groups (broad SMARTS) is 1. The Kier molecular flexibility index (Phi) is 6.12. The molecule has 0 aliphatic carbocycles. The van der Waals surface area contributed by atoms with Crippen molar-refractivity contribution >= 4 is 23.6 Å². The van der Waals surface area contributed by atoms with E-state index in [1.54, 1.807) is 5.32 Å². The first-order valence-corrected chi connectivity index (χ1v) is 8.05. The molecule has 0 aliphatic rings. The predicted molar refractivity (Wildman–Crippen MR) is 93.1 cm³/mol. The number of nitriles is 1. The minimum atomic E-state index is -4.82. The molecule has 158 valence electrons. The first-order valence-electron chi connectivity index (χ1n) is 8.05. The zero-order valence-electron chi connectivity index (χ0n) is 15.2. The van der Waals surface area contributed by atoms with Gasteiger partial charge in [0.05, 0.1) is 35.5 Å². The van der Waals surface area contributed by atoms with Gasteiger partial charge in [-0.2, -0.15) is 23.5 Å². The Bertz CT molecular complexity index is 1040. The van der Waals surface area contributed by atoms with Gasteiger partial charge >= 0.3 is 12.3 Å². The Morgan fingerprint density at radius 3 is 2.53 bits per heavy atom. The summed E-state index contributed by atoms with van der Waals surface area (Å²) < 4.78 is 40.1. The topological polar surface area (TPSA) is 157 Å². The largest absolute Gasteiger partial charge is 0.465 e. The fourth-order valence-corrected chi connectivity index (χ4v) is 2.34. The van der Waals surface area contributed by atoms with Gasteiger partial charge in [0.15, 0.2) is 5.60 Å². The average molecular weight is 425 g/mol. The van der Waals surface area contributed by atoms with E-state index < -0.39 is 47.4 Å². The first kappa shape index (κ1) is 22.4. The van der Waals surface area contributed by atoms with Crippen LogP contribution in [0, 0.1) is 11.3 Å². The maximum Gasteiger partial charge on any atom is 0.417 e. The molecule has 0 saturated heterocycles. The molecule has 1 heterocycles. The Morgan fingerprint density at radius 1 is 1.30 bits per heavy atom. The van der Waals surface area contributed by atoms with Crippen LogP contribution in [-0.4, -0.2) is 43.5 Å². The maximum absolute atomic E-state index is 13.0. The van der Waals surface area contributed by atoms with Crippen LogP contribution in [0.1, 0.15) is 28.4 Å². The van der Waals surface area contributed by atoms with Crippen LogP contribution in [0.4, 0.5) is 23.7 Å². The lowest BCUT2D eigenvalue weighted by Crippen LogP contribution is -2.43. The van der Waals surface area contributed by atoms with Gasteiger partial charge in [0.25, 0.3) is 11.8 Å². The van der Waals surface area contributed by atoms with Crippen molar-refractivity contribution in [1.29, 1.82) is 5.26 Å². The highest BCUT2D eigenvalue weighted by Crippen LogP contribution is 2.33. The zero-order valence-corrected chi connectivity index (χ0v) is 15.2. The lowest BCUT2D eigenvalue weighted by molar-refractivity contribution is -0.138. The monoisotopic (exact) mass is 425 g/mol. The number of nitrogens with zero attached hydrogens (tertiary/aromatic N) is 3. The van der Waals surface area contributed by atoms with E-state index in [0.29, 0.717) is 6.07 Å². The second-order valence-corrected chi connectivity index (χ2v) is 6.28. The summed E-state index contributed by atoms with van der Waals surface area (Å²) in [6.07, 6.45) is -4.33. The summed E-state index contributed by atoms with van der Waals surface area (Å²) in [4.78, 5) is 34.4. The molecule has 2 aromatic rings. The van der Waals surface area contributed by atoms with Crippen LogP contribution in [0.2, 0.25) is 0 Å². The number of imide groups is 1. The van der Waals surface area contributed by atoms with E-state index in [4.69, 9.17) is 10.4 Å². The number of aliphatic hydroxyl groups is 1. The minimum absolute atomic E-state index is 0.157. The highest BCUT2D eigenvalue weighted by atomic mass is 19.4. The SMILES string of the molecule is CC(O)(Cn1cc(C(=O)NC(=O)O)cn1)C(=O)Nc1ccc(C#N)c(C(F)(F)F)c1. The van der Waals surface area contributed by atoms with Gasteiger partial charge in [0, 0.05) is 11.9 Å². The number of aromatic nitrogens is 2. The lowest BCUT2D eigenvalue weighted by Gasteiger charge is -2.22. The van der Waals surface area contributed by atoms with Crippen LogP contribution >= 0.6 is 0 Å². The molecule has 3 amide bonds. The van der Waals surface area contributed by atoms with Gasteiger partial charge in [-0.25, -0.2) is 4.79 Å². The van der Waals surface area contributed by atoms with Crippen molar-refractivity contribution in [2.24, 2.45) is 0 Å². The van der Waals surface area contributed by atoms with Gasteiger partial charge in [0.1, 0.15) is 0 Å². The molecule has 0 aliphatic heterocycles. The number of hydrogen-bond acceptors (Lipinski definition) is 6. The maximum atomic E-state index is 13.0. The minimum Gasteiger partial charge on any atom is -0.465 e. The normalized spacial score (nSPS) is 13.1. The summed E-state index contributed by atoms with van der Waals surface area (Å²) in [5.41, 5.74) is -4.50. The molecule has 1 aromatic heterocycles. The predicted octanol–water partition coefficient (Wildman–Crippen LogP) is 1.57. The van der Waals surface area contributed by atoms with E-state index in [0.717, 1.165) is 36.1 Å². The van der Waals surface area contributed by atoms with Crippen molar-refractivity contribution in [1.82, 2.24) is 15.1 Å². The smallest absolute Gasteiger partial charge is 0.417 e. The van der Waals surface area contributed by atoms with E-state index in [-0.39, 0.29) is 11.3 Å². The molecule has 4 N–H and O–H groups in total. The van der Waals surface area contributed by atoms with Crippen LogP contribution in [-0.2, 0) is 17.5 Å². The van der Waals surface area contributed by atoms with Gasteiger partial charge in [0.2, 0.25) is 0 Å². The van der Waals surface area contributed by atoms with Gasteiger partial charge < -0.3 is 15.5 Å². The number of halogens is 3. The molecule has 13 heteroatoms. The molecule has 1 aromatic carbocycles. The van der Waals surface area contributed by atoms with Crippen molar-refractivity contribution in [3.05, 3.63) is 47.3 Å². The molecule has 0 saturated carbocycles. The number of nitrogens with one attached hydrogen (secondary N) is 2. The Hall–Kier alpha value is -3.92. The average Bonchev–Trinajstić information content (AvgIpc) is 3.08. The summed E-state index contributed by atoms with van der Waals surface area (Å²) in [5, 5.41) is 35.1. The second-order valence-electron chi connectivity index (χ2n) is 6.28. The standard InChI is InChI=1S/C17H14F3N5O5/c1-16(30,8-25-7-10(6-22-25)13(26)24-15(28)29)14(27)23-11-3-2-9(5-21)12(4-11)17(18,19)20/h2-4,6-7,30H,8H2,1H3,(H,23,27)(H,24,26)(H,28,29). The highest BCUT2D eigenvalue weighted by Gasteiger charge is 2.35. The molecule has 1 atom stereocenters. The van der Waals surface area contributed by atoms with Gasteiger partial charge in [-0.3, -0.25) is 19.6 Å². The van der Waals surface area contributed by atoms with E-state index >= 15 is 0 Å². The van der Waals surface area contributed by atoms with Crippen molar-refractivity contribution in [2.45, 2.75) is 25.2 Å². The van der Waals surface area contributed by atoms with E-state index in [1.807, 2.05) is 0 Å². The number of alkyl halides is 3. The summed E-state index contributed by atoms with van der Waals surface area (Å²) >= 11 is 0. The second kappa shape index (κ2) is 8.21. The quantitative estimate of drug-likeness (QED) is 0.566. The van der Waals surface area contributed by atoms with E-state index in [9.17, 15) is 32.7 Å². The number of anilines is 1. The number of carbonyl (C=O) groups is 3. The van der Waals surface area contributed by atoms with E-state index in [2.05, 4.69) is 10.4 Å². The fourth-order valence-electron chi connectivity index (χ4n) is 2.34. The third kappa shape index (κ3) is 5.32. The summed E-state index contributed by atoms with van der Waals surface area (Å²) in [6.45, 7) is 0.566. The van der Waals surface area contributed by atoms with Crippen LogP contribution in [0.15, 0.2) is 30.6 Å². The third-order valence-electron chi connectivity index (χ3n) is 3.78. The number of rotatable bonds is 5. The summed E-state index contributed by atoms with van der Waals surface area (Å²) in [6, 6.07) is 3.93. The van der Waals surface area contributed by atoms with Crippen LogP contribution < -0.4 is 10.6 Å². The molecule has 0 fully saturated rings. The number of amides is 3. The Labute approximate surface area is 166 Å². The molecule has 1 unspecified atom stereocenters. The van der Waals surface area contributed by atoms with E-state index in [1.165, 1.54) is 6.07 Å². The molecule has 0 radical (unpaired) electrons. The van der Waals surface area contributed by atoms with Gasteiger partial charge in [-0.05, 0) is 25.1 Å². The Morgan fingerprint density at radius 2 is 1.97 bits per heavy atom. The van der Waals surface area contributed by atoms with Crippen LogP contribution in [0.3, 0.4) is 0 Å². The van der Waals surface area contributed by atoms with Crippen LogP contribution in [0.5, 0.6) is 0 Å². The molecule has 0 bridgehead atoms. The fraction of sp³-hybridized carbons (Fsp3) is 0.235. The lowest BCUT2D eigenvalue weighted by atomic mass is 10.0. The molecule has 30 heavy (non-hydrogen) atoms. The summed E-state index contributed by atoms with van der Waals surface area (Å²) in [5.74, 6) is -2.05. The van der Waals surface area contributed by atoms with Crippen molar-refractivity contribution in [3.63, 3.8) is 0 Å². The van der Waals surface area contributed by atoms with Crippen molar-refractivity contribution in [2.75, 3.05) is 5.32 Å². The third-order valence-corrected chi connectivity index (χ3v) is 3.78. The Balaban J connectivity index is 2.15. The number of hydrogen-bond donors (Lipinski definition) is 4. The molecular formula is C17H14F3N5O5. The molecule has 0 spiro atoms. The van der Waals surface area contributed by atoms with Gasteiger partial charge in [-0.1, -0.05) is 0 Å².